The van der Waals surface area contributed by atoms with Crippen molar-refractivity contribution in [1.82, 2.24) is 14.9 Å². The van der Waals surface area contributed by atoms with Gasteiger partial charge in [-0.2, -0.15) is 14.9 Å². The lowest BCUT2D eigenvalue weighted by molar-refractivity contribution is 0.174. The number of ether oxygens (including phenoxy) is 2. The molecule has 1 aliphatic rings. The SMILES string of the molecule is S=c1[nH]nc(-c2ccccc2Cl)n1/N=C\c1cc(Cl)c2c(c1)OCO2. The third-order valence-electron chi connectivity index (χ3n) is 3.54. The number of hydrogen-bond donors (Lipinski definition) is 1. The molecule has 4 rings (SSSR count). The second kappa shape index (κ2) is 6.51. The van der Waals surface area contributed by atoms with Crippen molar-refractivity contribution in [2.75, 3.05) is 6.79 Å². The van der Waals surface area contributed by atoms with E-state index in [1.807, 2.05) is 18.2 Å². The van der Waals surface area contributed by atoms with Gasteiger partial charge in [-0.05, 0) is 42.0 Å². The van der Waals surface area contributed by atoms with Crippen LogP contribution in [0.15, 0.2) is 41.5 Å². The molecule has 2 aromatic carbocycles. The maximum Gasteiger partial charge on any atom is 0.231 e. The first-order valence-corrected chi connectivity index (χ1v) is 8.36. The second-order valence-electron chi connectivity index (χ2n) is 5.13. The molecule has 0 saturated carbocycles. The number of halogens is 2. The van der Waals surface area contributed by atoms with Gasteiger partial charge in [0.1, 0.15) is 0 Å². The number of nitrogens with zero attached hydrogens (tertiary/aromatic N) is 3. The molecular weight excluding hydrogens is 383 g/mol. The summed E-state index contributed by atoms with van der Waals surface area (Å²) in [6.07, 6.45) is 1.61. The number of fused-ring (bicyclic) bond motifs is 1. The highest BCUT2D eigenvalue weighted by Gasteiger charge is 2.18. The van der Waals surface area contributed by atoms with E-state index < -0.39 is 0 Å². The first-order valence-electron chi connectivity index (χ1n) is 7.19. The fraction of sp³-hybridized carbons (Fsp3) is 0.0625. The van der Waals surface area contributed by atoms with Gasteiger partial charge in [0.15, 0.2) is 17.3 Å². The summed E-state index contributed by atoms with van der Waals surface area (Å²) in [6, 6.07) is 10.9. The lowest BCUT2D eigenvalue weighted by Gasteiger charge is -2.04. The zero-order valence-corrected chi connectivity index (χ0v) is 14.9. The fourth-order valence-electron chi connectivity index (χ4n) is 2.40. The van der Waals surface area contributed by atoms with Crippen LogP contribution in [-0.2, 0) is 0 Å². The van der Waals surface area contributed by atoms with Gasteiger partial charge in [-0.3, -0.25) is 0 Å². The van der Waals surface area contributed by atoms with Crippen molar-refractivity contribution < 1.29 is 9.47 Å². The molecule has 0 amide bonds. The van der Waals surface area contributed by atoms with E-state index in [4.69, 9.17) is 44.9 Å². The zero-order chi connectivity index (χ0) is 17.4. The van der Waals surface area contributed by atoms with Crippen LogP contribution in [0.4, 0.5) is 0 Å². The number of aromatic nitrogens is 3. The van der Waals surface area contributed by atoms with E-state index in [9.17, 15) is 0 Å². The third-order valence-corrected chi connectivity index (χ3v) is 4.41. The minimum absolute atomic E-state index is 0.152. The van der Waals surface area contributed by atoms with E-state index in [1.54, 1.807) is 24.4 Å². The monoisotopic (exact) mass is 392 g/mol. The molecule has 0 saturated heterocycles. The predicted molar refractivity (Wildman–Crippen MR) is 98.4 cm³/mol. The van der Waals surface area contributed by atoms with E-state index in [2.05, 4.69) is 15.3 Å². The van der Waals surface area contributed by atoms with E-state index in [0.717, 1.165) is 11.1 Å². The Kier molecular flexibility index (Phi) is 4.20. The number of rotatable bonds is 3. The Labute approximate surface area is 157 Å². The van der Waals surface area contributed by atoms with Crippen LogP contribution in [0.25, 0.3) is 11.4 Å². The summed E-state index contributed by atoms with van der Waals surface area (Å²) in [4.78, 5) is 0. The second-order valence-corrected chi connectivity index (χ2v) is 6.33. The fourth-order valence-corrected chi connectivity index (χ4v) is 3.08. The molecule has 9 heteroatoms. The van der Waals surface area contributed by atoms with Gasteiger partial charge in [-0.15, -0.1) is 0 Å². The quantitative estimate of drug-likeness (QED) is 0.525. The smallest absolute Gasteiger partial charge is 0.231 e. The topological polar surface area (TPSA) is 64.4 Å². The number of H-pyrrole nitrogens is 1. The average Bonchev–Trinajstić information content (AvgIpc) is 3.20. The van der Waals surface area contributed by atoms with Crippen LogP contribution in [0.1, 0.15) is 5.56 Å². The third kappa shape index (κ3) is 3.02. The average molecular weight is 393 g/mol. The molecule has 3 aromatic rings. The zero-order valence-electron chi connectivity index (χ0n) is 12.6. The first kappa shape index (κ1) is 16.1. The van der Waals surface area contributed by atoms with Gasteiger partial charge in [0.05, 0.1) is 16.3 Å². The van der Waals surface area contributed by atoms with Crippen molar-refractivity contribution in [2.45, 2.75) is 0 Å². The number of nitrogens with one attached hydrogen (secondary N) is 1. The lowest BCUT2D eigenvalue weighted by Crippen LogP contribution is -1.95. The van der Waals surface area contributed by atoms with Crippen LogP contribution >= 0.6 is 35.4 Å². The molecule has 0 atom stereocenters. The summed E-state index contributed by atoms with van der Waals surface area (Å²) in [6.45, 7) is 0.152. The molecule has 126 valence electrons. The molecule has 6 nitrogen and oxygen atoms in total. The van der Waals surface area contributed by atoms with Crippen molar-refractivity contribution in [2.24, 2.45) is 5.10 Å². The summed E-state index contributed by atoms with van der Waals surface area (Å²) in [5.41, 5.74) is 1.46. The maximum absolute atomic E-state index is 6.24. The Morgan fingerprint density at radius 1 is 1.20 bits per heavy atom. The van der Waals surface area contributed by atoms with E-state index >= 15 is 0 Å². The van der Waals surface area contributed by atoms with Crippen LogP contribution in [0, 0.1) is 4.77 Å². The largest absolute Gasteiger partial charge is 0.454 e. The van der Waals surface area contributed by atoms with E-state index in [1.165, 1.54) is 4.68 Å². The van der Waals surface area contributed by atoms with Crippen molar-refractivity contribution in [3.05, 3.63) is 56.8 Å². The lowest BCUT2D eigenvalue weighted by atomic mass is 10.2. The number of benzene rings is 2. The Balaban J connectivity index is 1.74. The minimum Gasteiger partial charge on any atom is -0.454 e. The number of hydrogen-bond acceptors (Lipinski definition) is 5. The molecular formula is C16H10Cl2N4O2S. The van der Waals surface area contributed by atoms with Gasteiger partial charge in [-0.1, -0.05) is 35.3 Å². The molecule has 0 fully saturated rings. The molecule has 1 N–H and O–H groups in total. The van der Waals surface area contributed by atoms with Gasteiger partial charge in [0, 0.05) is 5.56 Å². The van der Waals surface area contributed by atoms with Crippen LogP contribution in [0.5, 0.6) is 11.5 Å². The predicted octanol–water partition coefficient (Wildman–Crippen LogP) is 4.53. The molecule has 0 aliphatic carbocycles. The maximum atomic E-state index is 6.24. The molecule has 2 heterocycles. The van der Waals surface area contributed by atoms with Crippen LogP contribution in [-0.4, -0.2) is 27.9 Å². The highest BCUT2D eigenvalue weighted by Crippen LogP contribution is 2.39. The standard InChI is InChI=1S/C16H10Cl2N4O2S/c17-11-4-2-1-3-10(11)15-20-21-16(25)22(15)19-7-9-5-12(18)14-13(6-9)23-8-24-14/h1-7H,8H2,(H,21,25)/b19-7-. The summed E-state index contributed by atoms with van der Waals surface area (Å²) in [5, 5.41) is 12.3. The Bertz CT molecular complexity index is 1040. The highest BCUT2D eigenvalue weighted by atomic mass is 35.5. The Morgan fingerprint density at radius 2 is 2.04 bits per heavy atom. The molecule has 0 unspecified atom stereocenters. The normalized spacial score (nSPS) is 12.9. The van der Waals surface area contributed by atoms with Gasteiger partial charge < -0.3 is 9.47 Å². The number of aromatic amines is 1. The molecule has 0 bridgehead atoms. The molecule has 1 aromatic heterocycles. The van der Waals surface area contributed by atoms with Gasteiger partial charge >= 0.3 is 0 Å². The first-order chi connectivity index (χ1) is 12.1. The summed E-state index contributed by atoms with van der Waals surface area (Å²) in [5.74, 6) is 1.63. The van der Waals surface area contributed by atoms with E-state index in [0.29, 0.717) is 32.1 Å². The van der Waals surface area contributed by atoms with Crippen molar-refractivity contribution in [3.8, 4) is 22.9 Å². The van der Waals surface area contributed by atoms with Crippen molar-refractivity contribution in [3.63, 3.8) is 0 Å². The summed E-state index contributed by atoms with van der Waals surface area (Å²) in [7, 11) is 0. The van der Waals surface area contributed by atoms with Gasteiger partial charge in [-0.25, -0.2) is 5.10 Å². The summed E-state index contributed by atoms with van der Waals surface area (Å²) >= 11 is 17.7. The van der Waals surface area contributed by atoms with Crippen molar-refractivity contribution >= 4 is 41.6 Å². The van der Waals surface area contributed by atoms with E-state index in [-0.39, 0.29) is 6.79 Å². The minimum atomic E-state index is 0.152. The highest BCUT2D eigenvalue weighted by molar-refractivity contribution is 7.71. The van der Waals surface area contributed by atoms with Crippen LogP contribution in [0.3, 0.4) is 0 Å². The Morgan fingerprint density at radius 3 is 2.88 bits per heavy atom. The van der Waals surface area contributed by atoms with Crippen LogP contribution < -0.4 is 9.47 Å². The van der Waals surface area contributed by atoms with Gasteiger partial charge in [0.25, 0.3) is 0 Å². The summed E-state index contributed by atoms with van der Waals surface area (Å²) < 4.78 is 12.5. The van der Waals surface area contributed by atoms with Gasteiger partial charge in [0.2, 0.25) is 11.6 Å². The van der Waals surface area contributed by atoms with Crippen molar-refractivity contribution in [1.29, 1.82) is 0 Å². The molecule has 1 aliphatic heterocycles. The molecule has 0 radical (unpaired) electrons. The van der Waals surface area contributed by atoms with Crippen LogP contribution in [0.2, 0.25) is 10.0 Å². The molecule has 0 spiro atoms. The Hall–Kier alpha value is -2.35. The molecule has 25 heavy (non-hydrogen) atoms.